The van der Waals surface area contributed by atoms with Crippen molar-refractivity contribution in [3.63, 3.8) is 0 Å². The van der Waals surface area contributed by atoms with E-state index in [-0.39, 0.29) is 29.0 Å². The van der Waals surface area contributed by atoms with Gasteiger partial charge in [0, 0.05) is 38.3 Å². The first-order chi connectivity index (χ1) is 22.2. The number of ether oxygens (including phenoxy) is 3. The lowest BCUT2D eigenvalue weighted by molar-refractivity contribution is -0.0578. The van der Waals surface area contributed by atoms with Crippen molar-refractivity contribution in [1.29, 1.82) is 0 Å². The Hall–Kier alpha value is -3.34. The highest BCUT2D eigenvalue weighted by atomic mass is 32.2. The number of primary sulfonamides is 1. The highest BCUT2D eigenvalue weighted by Gasteiger charge is 2.47. The fourth-order valence-electron chi connectivity index (χ4n) is 5.56. The van der Waals surface area contributed by atoms with Gasteiger partial charge in [0.25, 0.3) is 0 Å². The molecule has 2 aliphatic rings. The number of benzene rings is 1. The molecule has 47 heavy (non-hydrogen) atoms. The summed E-state index contributed by atoms with van der Waals surface area (Å²) in [7, 11) is -3.78. The van der Waals surface area contributed by atoms with Crippen LogP contribution in [0.1, 0.15) is 66.5 Å². The van der Waals surface area contributed by atoms with E-state index >= 15 is 0 Å². The Morgan fingerprint density at radius 2 is 1.77 bits per heavy atom. The summed E-state index contributed by atoms with van der Waals surface area (Å²) in [6.07, 6.45) is 0.462. The number of esters is 1. The van der Waals surface area contributed by atoms with Crippen LogP contribution in [0, 0.1) is 13.8 Å². The first-order valence-corrected chi connectivity index (χ1v) is 18.2. The van der Waals surface area contributed by atoms with Crippen molar-refractivity contribution in [2.45, 2.75) is 84.4 Å². The Kier molecular flexibility index (Phi) is 10.4. The van der Waals surface area contributed by atoms with Gasteiger partial charge in [-0.2, -0.15) is 9.97 Å². The molecular weight excluding hydrogens is 643 g/mol. The Morgan fingerprint density at radius 1 is 1.09 bits per heavy atom. The zero-order chi connectivity index (χ0) is 34.1. The molecule has 0 bridgehead atoms. The quantitative estimate of drug-likeness (QED) is 0.180. The van der Waals surface area contributed by atoms with Gasteiger partial charge in [0.15, 0.2) is 12.5 Å². The summed E-state index contributed by atoms with van der Waals surface area (Å²) in [6, 6.07) is 6.42. The number of nitrogens with two attached hydrogens (primary N) is 1. The molecule has 2 aromatic heterocycles. The van der Waals surface area contributed by atoms with Crippen LogP contribution in [-0.4, -0.2) is 80.2 Å². The predicted molar refractivity (Wildman–Crippen MR) is 183 cm³/mol. The van der Waals surface area contributed by atoms with Gasteiger partial charge in [-0.25, -0.2) is 18.4 Å². The van der Waals surface area contributed by atoms with Gasteiger partial charge >= 0.3 is 5.97 Å². The summed E-state index contributed by atoms with van der Waals surface area (Å²) in [4.78, 5) is 27.7. The third-order valence-corrected chi connectivity index (χ3v) is 10.2. The van der Waals surface area contributed by atoms with Gasteiger partial charge in [0.2, 0.25) is 16.0 Å². The largest absolute Gasteiger partial charge is 0.462 e. The Bertz CT molecular complexity index is 1700. The van der Waals surface area contributed by atoms with E-state index in [1.165, 1.54) is 23.5 Å². The zero-order valence-corrected chi connectivity index (χ0v) is 29.7. The molecule has 15 heteroatoms. The van der Waals surface area contributed by atoms with E-state index in [0.29, 0.717) is 36.2 Å². The molecule has 13 nitrogen and oxygen atoms in total. The van der Waals surface area contributed by atoms with Crippen molar-refractivity contribution in [2.24, 2.45) is 5.14 Å². The normalized spacial score (nSPS) is 18.7. The molecule has 0 radical (unpaired) electrons. The number of piperazine rings is 1. The zero-order valence-electron chi connectivity index (χ0n) is 28.0. The lowest BCUT2D eigenvalue weighted by Gasteiger charge is -2.35. The number of nitrogens with one attached hydrogen (secondary N) is 2. The topological polar surface area (TPSA) is 165 Å². The van der Waals surface area contributed by atoms with Crippen molar-refractivity contribution >= 4 is 49.9 Å². The number of sulfonamides is 1. The molecule has 2 fully saturated rings. The number of hydrogen-bond acceptors (Lipinski definition) is 13. The molecule has 4 heterocycles. The Labute approximate surface area is 280 Å². The van der Waals surface area contributed by atoms with Crippen molar-refractivity contribution < 1.29 is 27.4 Å². The fraction of sp³-hybridized carbons (Fsp3) is 0.531. The lowest BCUT2D eigenvalue weighted by atomic mass is 10.1. The highest BCUT2D eigenvalue weighted by molar-refractivity contribution is 7.89. The second kappa shape index (κ2) is 14.0. The maximum atomic E-state index is 12.7. The minimum atomic E-state index is -3.78. The molecule has 0 saturated carbocycles. The molecule has 0 spiro atoms. The van der Waals surface area contributed by atoms with E-state index < -0.39 is 10.0 Å². The van der Waals surface area contributed by atoms with Crippen molar-refractivity contribution in [3.05, 3.63) is 51.4 Å². The smallest absolute Gasteiger partial charge is 0.348 e. The second-order valence-corrected chi connectivity index (χ2v) is 15.2. The standard InChI is InChI=1S/C32H45N7O6S2/c1-8-23-19(3)24(29(40)43-9-2)46-27(23)37-31-35-25(34-18-21-10-12-22(13-11-21)47(33,41)42)20(4)26(36-31)38-14-16-39(17-15-38)28-30(44-28)45-32(5,6)7/h10-13,28,30H,8-9,14-18H2,1-7H3,(H2,33,41,42)(H2,34,35,36,37). The number of aromatic nitrogens is 2. The average Bonchev–Trinajstić information content (AvgIpc) is 3.69. The average molecular weight is 688 g/mol. The van der Waals surface area contributed by atoms with Crippen LogP contribution in [0.5, 0.6) is 0 Å². The van der Waals surface area contributed by atoms with Gasteiger partial charge in [-0.15, -0.1) is 11.3 Å². The van der Waals surface area contributed by atoms with Gasteiger partial charge in [0.1, 0.15) is 16.5 Å². The van der Waals surface area contributed by atoms with Crippen LogP contribution >= 0.6 is 11.3 Å². The van der Waals surface area contributed by atoms with E-state index in [1.54, 1.807) is 19.1 Å². The molecule has 2 unspecified atom stereocenters. The molecule has 5 rings (SSSR count). The van der Waals surface area contributed by atoms with Crippen LogP contribution in [0.25, 0.3) is 0 Å². The fourth-order valence-corrected chi connectivity index (χ4v) is 7.26. The van der Waals surface area contributed by atoms with Gasteiger partial charge < -0.3 is 29.7 Å². The molecule has 256 valence electrons. The number of anilines is 4. The minimum absolute atomic E-state index is 0.0406. The molecule has 2 atom stereocenters. The van der Waals surface area contributed by atoms with E-state index in [4.69, 9.17) is 29.3 Å². The minimum Gasteiger partial charge on any atom is -0.462 e. The molecule has 2 saturated heterocycles. The van der Waals surface area contributed by atoms with Gasteiger partial charge in [-0.3, -0.25) is 4.90 Å². The van der Waals surface area contributed by atoms with Gasteiger partial charge in [0.05, 0.1) is 22.1 Å². The van der Waals surface area contributed by atoms with Crippen LogP contribution < -0.4 is 20.7 Å². The third-order valence-electron chi connectivity index (χ3n) is 8.02. The second-order valence-electron chi connectivity index (χ2n) is 12.6. The van der Waals surface area contributed by atoms with E-state index in [2.05, 4.69) is 20.4 Å². The monoisotopic (exact) mass is 687 g/mol. The molecule has 0 amide bonds. The van der Waals surface area contributed by atoms with Crippen molar-refractivity contribution in [1.82, 2.24) is 14.9 Å². The molecule has 4 N–H and O–H groups in total. The number of carbonyl (C=O) groups excluding carboxylic acids is 1. The van der Waals surface area contributed by atoms with Crippen LogP contribution in [0.4, 0.5) is 22.6 Å². The van der Waals surface area contributed by atoms with Gasteiger partial charge in [-0.05, 0) is 76.8 Å². The summed E-state index contributed by atoms with van der Waals surface area (Å²) < 4.78 is 40.5. The first kappa shape index (κ1) is 35.0. The summed E-state index contributed by atoms with van der Waals surface area (Å²) in [5, 5.41) is 12.9. The molecular formula is C32H45N7O6S2. The lowest BCUT2D eigenvalue weighted by Crippen LogP contribution is -2.48. The SMILES string of the molecule is CCOC(=O)c1sc(Nc2nc(NCc3ccc(S(N)(=O)=O)cc3)c(C)c(N3CCN(C4OC4OC(C)(C)C)CC3)n2)c(CC)c1C. The summed E-state index contributed by atoms with van der Waals surface area (Å²) >= 11 is 1.34. The highest BCUT2D eigenvalue weighted by Crippen LogP contribution is 2.37. The summed E-state index contributed by atoms with van der Waals surface area (Å²) in [5.74, 6) is 1.49. The van der Waals surface area contributed by atoms with Crippen LogP contribution in [0.15, 0.2) is 29.2 Å². The summed E-state index contributed by atoms with van der Waals surface area (Å²) in [6.45, 7) is 17.6. The van der Waals surface area contributed by atoms with Crippen LogP contribution in [0.2, 0.25) is 0 Å². The van der Waals surface area contributed by atoms with E-state index in [1.807, 2.05) is 41.5 Å². The summed E-state index contributed by atoms with van der Waals surface area (Å²) in [5.41, 5.74) is 3.37. The maximum absolute atomic E-state index is 12.7. The van der Waals surface area contributed by atoms with Crippen molar-refractivity contribution in [3.8, 4) is 0 Å². The molecule has 0 aliphatic carbocycles. The first-order valence-electron chi connectivity index (χ1n) is 15.8. The number of epoxide rings is 1. The van der Waals surface area contributed by atoms with E-state index in [9.17, 15) is 13.2 Å². The van der Waals surface area contributed by atoms with Crippen molar-refractivity contribution in [2.75, 3.05) is 48.3 Å². The van der Waals surface area contributed by atoms with Gasteiger partial charge in [-0.1, -0.05) is 19.1 Å². The number of nitrogens with zero attached hydrogens (tertiary/aromatic N) is 4. The third kappa shape index (κ3) is 8.39. The number of carbonyl (C=O) groups is 1. The molecule has 3 aromatic rings. The van der Waals surface area contributed by atoms with Crippen LogP contribution in [0.3, 0.4) is 0 Å². The predicted octanol–water partition coefficient (Wildman–Crippen LogP) is 4.52. The number of rotatable bonds is 12. The number of thiophene rings is 1. The molecule has 2 aliphatic heterocycles. The molecule has 1 aromatic carbocycles. The number of hydrogen-bond donors (Lipinski definition) is 3. The van der Waals surface area contributed by atoms with Crippen LogP contribution in [-0.2, 0) is 37.2 Å². The Balaban J connectivity index is 1.40. The maximum Gasteiger partial charge on any atom is 0.348 e. The van der Waals surface area contributed by atoms with E-state index in [0.717, 1.165) is 59.3 Å². The Morgan fingerprint density at radius 3 is 2.36 bits per heavy atom.